The second kappa shape index (κ2) is 9.57. The van der Waals surface area contributed by atoms with Gasteiger partial charge in [-0.3, -0.25) is 14.5 Å². The average molecular weight is 361 g/mol. The Morgan fingerprint density at radius 3 is 2.77 bits per heavy atom. The summed E-state index contributed by atoms with van der Waals surface area (Å²) in [5.74, 6) is 0.331. The van der Waals surface area contributed by atoms with E-state index in [0.29, 0.717) is 11.4 Å². The summed E-state index contributed by atoms with van der Waals surface area (Å²) in [5.41, 5.74) is 1.72. The Balaban J connectivity index is 1.86. The van der Waals surface area contributed by atoms with Crippen LogP contribution in [0.1, 0.15) is 39.2 Å². The lowest BCUT2D eigenvalue weighted by Gasteiger charge is -2.29. The maximum absolute atomic E-state index is 12.4. The molecule has 6 nitrogen and oxygen atoms in total. The molecular weight excluding hydrogens is 330 g/mol. The van der Waals surface area contributed by atoms with Gasteiger partial charge in [-0.2, -0.15) is 0 Å². The molecule has 0 bridgehead atoms. The van der Waals surface area contributed by atoms with E-state index in [9.17, 15) is 9.59 Å². The van der Waals surface area contributed by atoms with Crippen LogP contribution in [-0.4, -0.2) is 55.5 Å². The molecule has 144 valence electrons. The van der Waals surface area contributed by atoms with Crippen LogP contribution in [0, 0.1) is 6.92 Å². The first-order valence-corrected chi connectivity index (χ1v) is 9.50. The van der Waals surface area contributed by atoms with Crippen LogP contribution in [0.25, 0.3) is 0 Å². The Bertz CT molecular complexity index is 629. The molecule has 6 heteroatoms. The van der Waals surface area contributed by atoms with Gasteiger partial charge in [0.1, 0.15) is 12.3 Å². The monoisotopic (exact) mass is 361 g/mol. The Morgan fingerprint density at radius 2 is 2.08 bits per heavy atom. The van der Waals surface area contributed by atoms with Crippen molar-refractivity contribution in [2.75, 3.05) is 37.7 Å². The van der Waals surface area contributed by atoms with E-state index < -0.39 is 0 Å². The Kier molecular flexibility index (Phi) is 7.45. The van der Waals surface area contributed by atoms with Crippen molar-refractivity contribution in [3.63, 3.8) is 0 Å². The van der Waals surface area contributed by atoms with Crippen LogP contribution in [0.3, 0.4) is 0 Å². The summed E-state index contributed by atoms with van der Waals surface area (Å²) in [6.07, 6.45) is 1.97. The molecule has 0 aliphatic carbocycles. The standard InChI is InChI=1S/C20H31N3O3/c1-5-22(6-2)11-7-8-16(4)21-19(24)13-23-17-10-9-15(3)12-18(17)26-14-20(23)25/h9-10,12,16H,5-8,11,13-14H2,1-4H3,(H,21,24). The lowest BCUT2D eigenvalue weighted by atomic mass is 10.1. The van der Waals surface area contributed by atoms with E-state index in [2.05, 4.69) is 24.1 Å². The van der Waals surface area contributed by atoms with Crippen molar-refractivity contribution in [3.05, 3.63) is 23.8 Å². The number of fused-ring (bicyclic) bond motifs is 1. The quantitative estimate of drug-likeness (QED) is 0.733. The molecule has 1 aliphatic rings. The first-order valence-electron chi connectivity index (χ1n) is 9.50. The summed E-state index contributed by atoms with van der Waals surface area (Å²) in [4.78, 5) is 28.5. The molecule has 1 atom stereocenters. The molecule has 26 heavy (non-hydrogen) atoms. The number of nitrogens with zero attached hydrogens (tertiary/aromatic N) is 2. The maximum atomic E-state index is 12.4. The van der Waals surface area contributed by atoms with Crippen LogP contribution in [0.5, 0.6) is 5.75 Å². The molecule has 1 heterocycles. The predicted octanol–water partition coefficient (Wildman–Crippen LogP) is 2.35. The van der Waals surface area contributed by atoms with Gasteiger partial charge in [0, 0.05) is 6.04 Å². The molecule has 0 spiro atoms. The van der Waals surface area contributed by atoms with Gasteiger partial charge >= 0.3 is 0 Å². The minimum Gasteiger partial charge on any atom is -0.482 e. The van der Waals surface area contributed by atoms with Gasteiger partial charge in [-0.15, -0.1) is 0 Å². The van der Waals surface area contributed by atoms with E-state index in [1.54, 1.807) is 0 Å². The molecule has 1 N–H and O–H groups in total. The van der Waals surface area contributed by atoms with Crippen molar-refractivity contribution >= 4 is 17.5 Å². The van der Waals surface area contributed by atoms with Crippen LogP contribution in [-0.2, 0) is 9.59 Å². The third kappa shape index (κ3) is 5.46. The summed E-state index contributed by atoms with van der Waals surface area (Å²) in [5, 5.41) is 3.01. The van der Waals surface area contributed by atoms with Crippen molar-refractivity contribution < 1.29 is 14.3 Å². The molecule has 1 aromatic rings. The molecule has 0 aromatic heterocycles. The number of aryl methyl sites for hydroxylation is 1. The van der Waals surface area contributed by atoms with Crippen molar-refractivity contribution in [2.24, 2.45) is 0 Å². The minimum absolute atomic E-state index is 0.0246. The molecule has 0 saturated carbocycles. The molecule has 1 unspecified atom stereocenters. The zero-order valence-corrected chi connectivity index (χ0v) is 16.4. The Hall–Kier alpha value is -2.08. The van der Waals surface area contributed by atoms with Gasteiger partial charge < -0.3 is 15.0 Å². The number of ether oxygens (including phenoxy) is 1. The van der Waals surface area contributed by atoms with E-state index in [0.717, 1.165) is 38.0 Å². The topological polar surface area (TPSA) is 61.9 Å². The zero-order valence-electron chi connectivity index (χ0n) is 16.4. The van der Waals surface area contributed by atoms with Gasteiger partial charge in [0.15, 0.2) is 6.61 Å². The molecule has 2 rings (SSSR count). The fourth-order valence-corrected chi connectivity index (χ4v) is 3.18. The lowest BCUT2D eigenvalue weighted by Crippen LogP contribution is -2.46. The second-order valence-electron chi connectivity index (χ2n) is 6.88. The first kappa shape index (κ1) is 20.2. The van der Waals surface area contributed by atoms with E-state index in [-0.39, 0.29) is 31.0 Å². The normalized spacial score (nSPS) is 14.8. The molecule has 1 aliphatic heterocycles. The SMILES string of the molecule is CCN(CC)CCCC(C)NC(=O)CN1C(=O)COc2cc(C)ccc21. The molecule has 0 radical (unpaired) electrons. The molecular formula is C20H31N3O3. The van der Waals surface area contributed by atoms with Gasteiger partial charge in [-0.1, -0.05) is 19.9 Å². The fraction of sp³-hybridized carbons (Fsp3) is 0.600. The van der Waals surface area contributed by atoms with Crippen molar-refractivity contribution in [2.45, 2.75) is 46.6 Å². The summed E-state index contributed by atoms with van der Waals surface area (Å²) in [6.45, 7) is 11.4. The number of hydrogen-bond acceptors (Lipinski definition) is 4. The van der Waals surface area contributed by atoms with Crippen molar-refractivity contribution in [1.29, 1.82) is 0 Å². The second-order valence-corrected chi connectivity index (χ2v) is 6.88. The van der Waals surface area contributed by atoms with Crippen LogP contribution < -0.4 is 15.0 Å². The Labute approximate surface area is 156 Å². The van der Waals surface area contributed by atoms with Gasteiger partial charge in [0.25, 0.3) is 5.91 Å². The highest BCUT2D eigenvalue weighted by Crippen LogP contribution is 2.32. The zero-order chi connectivity index (χ0) is 19.1. The smallest absolute Gasteiger partial charge is 0.265 e. The number of anilines is 1. The number of amides is 2. The van der Waals surface area contributed by atoms with E-state index in [1.807, 2.05) is 32.0 Å². The lowest BCUT2D eigenvalue weighted by molar-refractivity contribution is -0.125. The number of nitrogens with one attached hydrogen (secondary N) is 1. The van der Waals surface area contributed by atoms with Crippen LogP contribution in [0.4, 0.5) is 5.69 Å². The molecule has 1 aromatic carbocycles. The van der Waals surface area contributed by atoms with Crippen LogP contribution in [0.2, 0.25) is 0 Å². The van der Waals surface area contributed by atoms with Crippen LogP contribution >= 0.6 is 0 Å². The molecule has 2 amide bonds. The average Bonchev–Trinajstić information content (AvgIpc) is 2.61. The van der Waals surface area contributed by atoms with Gasteiger partial charge in [-0.05, 0) is 64.0 Å². The minimum atomic E-state index is -0.189. The molecule has 0 saturated heterocycles. The summed E-state index contributed by atoms with van der Waals surface area (Å²) in [7, 11) is 0. The predicted molar refractivity (Wildman–Crippen MR) is 104 cm³/mol. The van der Waals surface area contributed by atoms with Crippen molar-refractivity contribution in [3.8, 4) is 5.75 Å². The number of benzene rings is 1. The van der Waals surface area contributed by atoms with E-state index >= 15 is 0 Å². The van der Waals surface area contributed by atoms with E-state index in [4.69, 9.17) is 4.74 Å². The number of carbonyl (C=O) groups excluding carboxylic acids is 2. The van der Waals surface area contributed by atoms with Gasteiger partial charge in [-0.25, -0.2) is 0 Å². The highest BCUT2D eigenvalue weighted by atomic mass is 16.5. The Morgan fingerprint density at radius 1 is 1.35 bits per heavy atom. The summed E-state index contributed by atoms with van der Waals surface area (Å²) < 4.78 is 5.48. The highest BCUT2D eigenvalue weighted by molar-refractivity contribution is 6.02. The summed E-state index contributed by atoms with van der Waals surface area (Å²) >= 11 is 0. The van der Waals surface area contributed by atoms with Gasteiger partial charge in [0.05, 0.1) is 5.69 Å². The number of hydrogen-bond donors (Lipinski definition) is 1. The highest BCUT2D eigenvalue weighted by Gasteiger charge is 2.27. The summed E-state index contributed by atoms with van der Waals surface area (Å²) in [6, 6.07) is 5.73. The third-order valence-corrected chi connectivity index (χ3v) is 4.77. The van der Waals surface area contributed by atoms with Crippen molar-refractivity contribution in [1.82, 2.24) is 10.2 Å². The number of carbonyl (C=O) groups is 2. The fourth-order valence-electron chi connectivity index (χ4n) is 3.18. The largest absolute Gasteiger partial charge is 0.482 e. The third-order valence-electron chi connectivity index (χ3n) is 4.77. The number of rotatable bonds is 9. The molecule has 0 fully saturated rings. The first-order chi connectivity index (χ1) is 12.4. The van der Waals surface area contributed by atoms with E-state index in [1.165, 1.54) is 4.90 Å². The van der Waals surface area contributed by atoms with Crippen LogP contribution in [0.15, 0.2) is 18.2 Å². The maximum Gasteiger partial charge on any atom is 0.265 e. The van der Waals surface area contributed by atoms with Gasteiger partial charge in [0.2, 0.25) is 5.91 Å².